The normalized spacial score (nSPS) is 22.3. The van der Waals surface area contributed by atoms with E-state index in [0.29, 0.717) is 24.7 Å². The van der Waals surface area contributed by atoms with Gasteiger partial charge in [0.2, 0.25) is 17.7 Å². The minimum absolute atomic E-state index is 0.0170. The fraction of sp³-hybridized carbons (Fsp3) is 0.655. The first-order valence-electron chi connectivity index (χ1n) is 14.0. The van der Waals surface area contributed by atoms with E-state index in [1.54, 1.807) is 31.2 Å². The van der Waals surface area contributed by atoms with Gasteiger partial charge in [-0.1, -0.05) is 37.8 Å². The van der Waals surface area contributed by atoms with Crippen LogP contribution in [0.1, 0.15) is 64.9 Å². The Bertz CT molecular complexity index is 1130. The highest BCUT2D eigenvalue weighted by Crippen LogP contribution is 2.34. The third-order valence-electron chi connectivity index (χ3n) is 7.89. The maximum absolute atomic E-state index is 13.6. The highest BCUT2D eigenvalue weighted by atomic mass is 19.4. The molecular weight excluding hydrogens is 559 g/mol. The van der Waals surface area contributed by atoms with Gasteiger partial charge in [-0.25, -0.2) is 0 Å². The fourth-order valence-electron chi connectivity index (χ4n) is 4.98. The second-order valence-electron chi connectivity index (χ2n) is 11.7. The predicted octanol–water partition coefficient (Wildman–Crippen LogP) is 2.35. The van der Waals surface area contributed by atoms with Gasteiger partial charge in [-0.05, 0) is 50.8 Å². The standard InChI is InChI=1S/C29H40F3N3O7/c1-17(33-23(36)15-28(3,40)29(30,31)32)25(38)35-22(14-19-9-11-20(41-4)12-10-19)26(39)34-21(13-18-7-5-6-8-18)24(37)27(2)16-42-27/h9-12,17-18,21-22,40H,5-8,13-16H2,1-4H3,(H,33,36)(H,34,39)(H,35,38)/t17-,21+,22+,27-,28?/m1/s1. The van der Waals surface area contributed by atoms with E-state index in [4.69, 9.17) is 9.47 Å². The molecule has 1 aliphatic carbocycles. The summed E-state index contributed by atoms with van der Waals surface area (Å²) < 4.78 is 49.4. The summed E-state index contributed by atoms with van der Waals surface area (Å²) in [5.41, 5.74) is -3.60. The topological polar surface area (TPSA) is 146 Å². The first-order valence-corrected chi connectivity index (χ1v) is 14.0. The van der Waals surface area contributed by atoms with Crippen LogP contribution in [0.3, 0.4) is 0 Å². The number of amides is 3. The number of carbonyl (C=O) groups excluding carboxylic acids is 4. The average molecular weight is 600 g/mol. The molecule has 1 unspecified atom stereocenters. The largest absolute Gasteiger partial charge is 0.497 e. The Hall–Kier alpha value is -3.19. The van der Waals surface area contributed by atoms with Crippen molar-refractivity contribution in [3.63, 3.8) is 0 Å². The molecule has 1 aromatic rings. The van der Waals surface area contributed by atoms with Crippen molar-refractivity contribution < 1.29 is 46.9 Å². The molecule has 13 heteroatoms. The monoisotopic (exact) mass is 599 g/mol. The third-order valence-corrected chi connectivity index (χ3v) is 7.89. The van der Waals surface area contributed by atoms with Crippen molar-refractivity contribution in [2.75, 3.05) is 13.7 Å². The number of alkyl halides is 3. The van der Waals surface area contributed by atoms with Gasteiger partial charge in [0, 0.05) is 6.42 Å². The molecular formula is C29H40F3N3O7. The summed E-state index contributed by atoms with van der Waals surface area (Å²) in [5.74, 6) is -2.06. The van der Waals surface area contributed by atoms with Crippen LogP contribution in [0.15, 0.2) is 24.3 Å². The van der Waals surface area contributed by atoms with E-state index < -0.39 is 59.6 Å². The molecule has 4 N–H and O–H groups in total. The van der Waals surface area contributed by atoms with E-state index in [2.05, 4.69) is 16.0 Å². The lowest BCUT2D eigenvalue weighted by atomic mass is 9.90. The first-order chi connectivity index (χ1) is 19.5. The van der Waals surface area contributed by atoms with Crippen molar-refractivity contribution in [1.29, 1.82) is 0 Å². The lowest BCUT2D eigenvalue weighted by molar-refractivity contribution is -0.253. The quantitative estimate of drug-likeness (QED) is 0.240. The number of rotatable bonds is 14. The number of halogens is 3. The second kappa shape index (κ2) is 13.4. The van der Waals surface area contributed by atoms with E-state index >= 15 is 0 Å². The van der Waals surface area contributed by atoms with Crippen LogP contribution in [0.5, 0.6) is 5.75 Å². The van der Waals surface area contributed by atoms with Gasteiger partial charge in [0.15, 0.2) is 11.4 Å². The summed E-state index contributed by atoms with van der Waals surface area (Å²) >= 11 is 0. The number of nitrogens with one attached hydrogen (secondary N) is 3. The van der Waals surface area contributed by atoms with Crippen molar-refractivity contribution in [3.8, 4) is 5.75 Å². The van der Waals surface area contributed by atoms with E-state index in [0.717, 1.165) is 25.7 Å². The Morgan fingerprint density at radius 3 is 2.14 bits per heavy atom. The Labute approximate surface area is 243 Å². The van der Waals surface area contributed by atoms with Gasteiger partial charge in [0.1, 0.15) is 23.4 Å². The van der Waals surface area contributed by atoms with E-state index in [1.807, 2.05) is 0 Å². The van der Waals surface area contributed by atoms with Gasteiger partial charge < -0.3 is 30.5 Å². The minimum Gasteiger partial charge on any atom is -0.497 e. The number of carbonyl (C=O) groups is 4. The van der Waals surface area contributed by atoms with Crippen molar-refractivity contribution in [1.82, 2.24) is 16.0 Å². The lowest BCUT2D eigenvalue weighted by Crippen LogP contribution is -2.57. The average Bonchev–Trinajstić information content (AvgIpc) is 3.45. The second-order valence-corrected chi connectivity index (χ2v) is 11.7. The van der Waals surface area contributed by atoms with Crippen LogP contribution < -0.4 is 20.7 Å². The van der Waals surface area contributed by atoms with Gasteiger partial charge in [0.25, 0.3) is 0 Å². The van der Waals surface area contributed by atoms with E-state index in [-0.39, 0.29) is 24.7 Å². The van der Waals surface area contributed by atoms with Gasteiger partial charge in [-0.15, -0.1) is 0 Å². The summed E-state index contributed by atoms with van der Waals surface area (Å²) in [7, 11) is 1.50. The predicted molar refractivity (Wildman–Crippen MR) is 145 cm³/mol. The molecule has 2 aliphatic rings. The highest BCUT2D eigenvalue weighted by Gasteiger charge is 2.52. The van der Waals surface area contributed by atoms with Gasteiger partial charge >= 0.3 is 6.18 Å². The van der Waals surface area contributed by atoms with Crippen LogP contribution in [0.2, 0.25) is 0 Å². The van der Waals surface area contributed by atoms with Crippen molar-refractivity contribution in [3.05, 3.63) is 29.8 Å². The molecule has 5 atom stereocenters. The Morgan fingerprint density at radius 1 is 1.05 bits per heavy atom. The van der Waals surface area contributed by atoms with Gasteiger partial charge in [-0.3, -0.25) is 19.2 Å². The van der Waals surface area contributed by atoms with Crippen LogP contribution in [0, 0.1) is 5.92 Å². The molecule has 0 bridgehead atoms. The smallest absolute Gasteiger partial charge is 0.417 e. The Morgan fingerprint density at radius 2 is 1.62 bits per heavy atom. The summed E-state index contributed by atoms with van der Waals surface area (Å²) in [4.78, 5) is 52.0. The maximum atomic E-state index is 13.6. The summed E-state index contributed by atoms with van der Waals surface area (Å²) in [6.45, 7) is 3.63. The third kappa shape index (κ3) is 8.90. The maximum Gasteiger partial charge on any atom is 0.417 e. The molecule has 2 fully saturated rings. The molecule has 234 valence electrons. The number of ether oxygens (including phenoxy) is 2. The first kappa shape index (κ1) is 33.3. The number of Topliss-reactive ketones (excluding diaryl/α,β-unsaturated/α-hetero) is 1. The molecule has 1 aromatic carbocycles. The van der Waals surface area contributed by atoms with Gasteiger partial charge in [0.05, 0.1) is 26.2 Å². The molecule has 3 rings (SSSR count). The lowest BCUT2D eigenvalue weighted by Gasteiger charge is -2.27. The molecule has 1 saturated carbocycles. The van der Waals surface area contributed by atoms with Crippen molar-refractivity contribution in [2.24, 2.45) is 5.92 Å². The molecule has 1 heterocycles. The molecule has 3 amide bonds. The summed E-state index contributed by atoms with van der Waals surface area (Å²) in [5, 5.41) is 17.1. The SMILES string of the molecule is COc1ccc(C[C@H](NC(=O)[C@@H](C)NC(=O)CC(C)(O)C(F)(F)F)C(=O)N[C@@H](CC2CCCC2)C(=O)[C@@]2(C)CO2)cc1. The van der Waals surface area contributed by atoms with Crippen molar-refractivity contribution >= 4 is 23.5 Å². The Balaban J connectivity index is 1.74. The number of epoxide rings is 1. The van der Waals surface area contributed by atoms with Crippen LogP contribution >= 0.6 is 0 Å². The zero-order valence-corrected chi connectivity index (χ0v) is 24.3. The molecule has 1 saturated heterocycles. The molecule has 1 aliphatic heterocycles. The summed E-state index contributed by atoms with van der Waals surface area (Å²) in [6.07, 6.45) is -1.91. The number of hydrogen-bond donors (Lipinski definition) is 4. The number of aliphatic hydroxyl groups is 1. The van der Waals surface area contributed by atoms with Crippen LogP contribution in [-0.2, 0) is 30.3 Å². The van der Waals surface area contributed by atoms with Crippen LogP contribution in [-0.4, -0.2) is 77.8 Å². The van der Waals surface area contributed by atoms with E-state index in [1.165, 1.54) is 14.0 Å². The minimum atomic E-state index is -5.05. The number of ketones is 1. The molecule has 0 aromatic heterocycles. The Kier molecular flexibility index (Phi) is 10.6. The summed E-state index contributed by atoms with van der Waals surface area (Å²) in [6, 6.07) is 3.42. The number of hydrogen-bond acceptors (Lipinski definition) is 7. The molecule has 0 radical (unpaired) electrons. The molecule has 10 nitrogen and oxygen atoms in total. The number of methoxy groups -OCH3 is 1. The zero-order chi connectivity index (χ0) is 31.3. The van der Waals surface area contributed by atoms with Gasteiger partial charge in [-0.2, -0.15) is 13.2 Å². The van der Waals surface area contributed by atoms with E-state index in [9.17, 15) is 37.5 Å². The fourth-order valence-corrected chi connectivity index (χ4v) is 4.98. The molecule has 0 spiro atoms. The van der Waals surface area contributed by atoms with Crippen molar-refractivity contribution in [2.45, 2.75) is 101 Å². The van der Waals surface area contributed by atoms with Crippen LogP contribution in [0.4, 0.5) is 13.2 Å². The van der Waals surface area contributed by atoms with Crippen LogP contribution in [0.25, 0.3) is 0 Å². The number of benzene rings is 1. The highest BCUT2D eigenvalue weighted by molar-refractivity contribution is 5.98. The molecule has 42 heavy (non-hydrogen) atoms. The zero-order valence-electron chi connectivity index (χ0n) is 24.3.